The first-order chi connectivity index (χ1) is 9.88. The van der Waals surface area contributed by atoms with Crippen molar-refractivity contribution in [1.82, 2.24) is 0 Å². The normalized spacial score (nSPS) is 10.2. The fraction of sp³-hybridized carbons (Fsp3) is 0. The van der Waals surface area contributed by atoms with E-state index in [0.717, 1.165) is 30.3 Å². The van der Waals surface area contributed by atoms with Gasteiger partial charge in [-0.3, -0.25) is 10.1 Å². The third-order valence-corrected chi connectivity index (χ3v) is 2.52. The van der Waals surface area contributed by atoms with E-state index in [9.17, 15) is 23.7 Å². The first kappa shape index (κ1) is 14.4. The smallest absolute Gasteiger partial charge is 0.339 e. The highest BCUT2D eigenvalue weighted by Gasteiger charge is 2.18. The molecule has 2 aromatic rings. The number of hydrogen-bond donors (Lipinski definition) is 1. The summed E-state index contributed by atoms with van der Waals surface area (Å²) < 4.78 is 31.3. The zero-order valence-corrected chi connectivity index (χ0v) is 10.2. The van der Waals surface area contributed by atoms with Crippen molar-refractivity contribution in [2.75, 3.05) is 0 Å². The van der Waals surface area contributed by atoms with E-state index in [2.05, 4.69) is 0 Å². The lowest BCUT2D eigenvalue weighted by Gasteiger charge is -2.09. The van der Waals surface area contributed by atoms with Gasteiger partial charge < -0.3 is 9.84 Å². The van der Waals surface area contributed by atoms with Gasteiger partial charge in [0.1, 0.15) is 17.1 Å². The fourth-order valence-electron chi connectivity index (χ4n) is 1.56. The number of carboxylic acid groups (broad SMARTS) is 1. The molecule has 0 fully saturated rings. The molecule has 108 valence electrons. The van der Waals surface area contributed by atoms with Crippen molar-refractivity contribution >= 4 is 11.7 Å². The molecule has 0 unspecified atom stereocenters. The zero-order chi connectivity index (χ0) is 15.6. The lowest BCUT2D eigenvalue weighted by atomic mass is 10.2. The van der Waals surface area contributed by atoms with Crippen LogP contribution in [0.1, 0.15) is 10.4 Å². The summed E-state index contributed by atoms with van der Waals surface area (Å²) in [6.07, 6.45) is 0. The van der Waals surface area contributed by atoms with Gasteiger partial charge in [-0.15, -0.1) is 0 Å². The third kappa shape index (κ3) is 3.11. The Labute approximate surface area is 116 Å². The van der Waals surface area contributed by atoms with E-state index in [1.54, 1.807) is 0 Å². The molecule has 0 aliphatic carbocycles. The number of ether oxygens (including phenoxy) is 1. The van der Waals surface area contributed by atoms with Crippen LogP contribution in [0, 0.1) is 21.7 Å². The minimum Gasteiger partial charge on any atom is -0.478 e. The number of benzene rings is 2. The number of nitro benzene ring substituents is 1. The molecule has 1 N–H and O–H groups in total. The van der Waals surface area contributed by atoms with Gasteiger partial charge in [0.2, 0.25) is 0 Å². The first-order valence-corrected chi connectivity index (χ1v) is 5.53. The zero-order valence-electron chi connectivity index (χ0n) is 10.2. The molecular formula is C13H7F2NO5. The maximum absolute atomic E-state index is 13.5. The largest absolute Gasteiger partial charge is 0.478 e. The van der Waals surface area contributed by atoms with Crippen molar-refractivity contribution in [3.63, 3.8) is 0 Å². The summed E-state index contributed by atoms with van der Waals surface area (Å²) in [4.78, 5) is 21.0. The monoisotopic (exact) mass is 295 g/mol. The Morgan fingerprint density at radius 1 is 1.14 bits per heavy atom. The van der Waals surface area contributed by atoms with Crippen LogP contribution in [0.2, 0.25) is 0 Å². The predicted molar refractivity (Wildman–Crippen MR) is 66.5 cm³/mol. The Balaban J connectivity index is 2.48. The van der Waals surface area contributed by atoms with Gasteiger partial charge in [0.05, 0.1) is 11.0 Å². The number of nitrogens with zero attached hydrogens (tertiary/aromatic N) is 1. The number of nitro groups is 1. The van der Waals surface area contributed by atoms with Crippen molar-refractivity contribution in [3.8, 4) is 11.5 Å². The molecule has 0 bridgehead atoms. The highest BCUT2D eigenvalue weighted by Crippen LogP contribution is 2.31. The van der Waals surface area contributed by atoms with Crippen LogP contribution >= 0.6 is 0 Å². The van der Waals surface area contributed by atoms with Crippen molar-refractivity contribution < 1.29 is 28.3 Å². The summed E-state index contributed by atoms with van der Waals surface area (Å²) in [6.45, 7) is 0. The Bertz CT molecular complexity index is 732. The lowest BCUT2D eigenvalue weighted by Crippen LogP contribution is -2.02. The Morgan fingerprint density at radius 3 is 2.43 bits per heavy atom. The number of hydrogen-bond acceptors (Lipinski definition) is 4. The summed E-state index contributed by atoms with van der Waals surface area (Å²) >= 11 is 0. The molecular weight excluding hydrogens is 288 g/mol. The van der Waals surface area contributed by atoms with Crippen molar-refractivity contribution in [2.24, 2.45) is 0 Å². The Hall–Kier alpha value is -3.03. The second-order valence-corrected chi connectivity index (χ2v) is 3.92. The van der Waals surface area contributed by atoms with Crippen LogP contribution in [0.25, 0.3) is 0 Å². The molecule has 0 aliphatic rings. The van der Waals surface area contributed by atoms with Crippen LogP contribution < -0.4 is 4.74 Å². The molecule has 0 atom stereocenters. The minimum absolute atomic E-state index is 0.385. The predicted octanol–water partition coefficient (Wildman–Crippen LogP) is 3.36. The van der Waals surface area contributed by atoms with Gasteiger partial charge in [0.15, 0.2) is 11.6 Å². The Kier molecular flexibility index (Phi) is 3.79. The molecule has 8 heteroatoms. The molecule has 0 aliphatic heterocycles. The van der Waals surface area contributed by atoms with E-state index in [1.165, 1.54) is 0 Å². The maximum atomic E-state index is 13.5. The van der Waals surface area contributed by atoms with Crippen molar-refractivity contribution in [3.05, 3.63) is 63.7 Å². The van der Waals surface area contributed by atoms with E-state index in [4.69, 9.17) is 9.84 Å². The fourth-order valence-corrected chi connectivity index (χ4v) is 1.56. The van der Waals surface area contributed by atoms with E-state index in [1.807, 2.05) is 0 Å². The summed E-state index contributed by atoms with van der Waals surface area (Å²) in [7, 11) is 0. The number of rotatable bonds is 4. The maximum Gasteiger partial charge on any atom is 0.339 e. The van der Waals surface area contributed by atoms with Crippen LogP contribution in [0.3, 0.4) is 0 Å². The minimum atomic E-state index is -1.40. The molecule has 0 saturated heterocycles. The number of non-ortho nitro benzene ring substituents is 1. The second-order valence-electron chi connectivity index (χ2n) is 3.92. The van der Waals surface area contributed by atoms with Crippen LogP contribution in [-0.4, -0.2) is 16.0 Å². The molecule has 21 heavy (non-hydrogen) atoms. The van der Waals surface area contributed by atoms with E-state index < -0.39 is 39.7 Å². The molecule has 0 heterocycles. The average molecular weight is 295 g/mol. The van der Waals surface area contributed by atoms with Gasteiger partial charge in [-0.05, 0) is 18.2 Å². The van der Waals surface area contributed by atoms with Crippen LogP contribution in [0.4, 0.5) is 14.5 Å². The number of carbonyl (C=O) groups is 1. The number of aromatic carboxylic acids is 1. The standard InChI is InChI=1S/C13H7F2NO5/c14-7-1-4-11(10(15)5-7)21-12-6-8(16(19)20)2-3-9(12)13(17)18/h1-6H,(H,17,18). The first-order valence-electron chi connectivity index (χ1n) is 5.53. The van der Waals surface area contributed by atoms with Crippen LogP contribution in [0.5, 0.6) is 11.5 Å². The topological polar surface area (TPSA) is 89.7 Å². The second kappa shape index (κ2) is 5.53. The average Bonchev–Trinajstić information content (AvgIpc) is 2.41. The van der Waals surface area contributed by atoms with Gasteiger partial charge in [-0.1, -0.05) is 0 Å². The van der Waals surface area contributed by atoms with E-state index >= 15 is 0 Å². The molecule has 6 nitrogen and oxygen atoms in total. The van der Waals surface area contributed by atoms with E-state index in [0.29, 0.717) is 6.07 Å². The van der Waals surface area contributed by atoms with Gasteiger partial charge >= 0.3 is 5.97 Å². The van der Waals surface area contributed by atoms with Crippen molar-refractivity contribution in [1.29, 1.82) is 0 Å². The number of carboxylic acids is 1. The molecule has 0 radical (unpaired) electrons. The third-order valence-electron chi connectivity index (χ3n) is 2.52. The summed E-state index contributed by atoms with van der Waals surface area (Å²) in [5.74, 6) is -4.15. The Morgan fingerprint density at radius 2 is 1.86 bits per heavy atom. The lowest BCUT2D eigenvalue weighted by molar-refractivity contribution is -0.384. The molecule has 0 amide bonds. The highest BCUT2D eigenvalue weighted by molar-refractivity contribution is 5.91. The molecule has 0 spiro atoms. The van der Waals surface area contributed by atoms with Gasteiger partial charge in [0.25, 0.3) is 5.69 Å². The summed E-state index contributed by atoms with van der Waals surface area (Å²) in [5.41, 5.74) is -0.804. The quantitative estimate of drug-likeness (QED) is 0.690. The van der Waals surface area contributed by atoms with Gasteiger partial charge in [-0.25, -0.2) is 13.6 Å². The molecule has 2 aromatic carbocycles. The van der Waals surface area contributed by atoms with Gasteiger partial charge in [0, 0.05) is 12.1 Å². The van der Waals surface area contributed by atoms with Crippen molar-refractivity contribution in [2.45, 2.75) is 0 Å². The molecule has 2 rings (SSSR count). The van der Waals surface area contributed by atoms with Crippen LogP contribution in [-0.2, 0) is 0 Å². The highest BCUT2D eigenvalue weighted by atomic mass is 19.1. The summed E-state index contributed by atoms with van der Waals surface area (Å²) in [5, 5.41) is 19.7. The number of halogens is 2. The SMILES string of the molecule is O=C(O)c1ccc([N+](=O)[O-])cc1Oc1ccc(F)cc1F. The van der Waals surface area contributed by atoms with Crippen LogP contribution in [0.15, 0.2) is 36.4 Å². The van der Waals surface area contributed by atoms with Gasteiger partial charge in [-0.2, -0.15) is 0 Å². The molecule has 0 saturated carbocycles. The molecule has 0 aromatic heterocycles. The summed E-state index contributed by atoms with van der Waals surface area (Å²) in [6, 6.07) is 5.22. The van der Waals surface area contributed by atoms with E-state index in [-0.39, 0.29) is 5.56 Å².